The molecule has 1 heterocycles. The van der Waals surface area contributed by atoms with Gasteiger partial charge in [-0.1, -0.05) is 29.7 Å². The van der Waals surface area contributed by atoms with Crippen molar-refractivity contribution >= 4 is 26.5 Å². The fourth-order valence-electron chi connectivity index (χ4n) is 4.23. The summed E-state index contributed by atoms with van der Waals surface area (Å²) in [5.41, 5.74) is 2.12. The summed E-state index contributed by atoms with van der Waals surface area (Å²) in [6.45, 7) is 6.06. The summed E-state index contributed by atoms with van der Waals surface area (Å²) in [6, 6.07) is 16.3. The van der Waals surface area contributed by atoms with Crippen molar-refractivity contribution in [1.82, 2.24) is 0 Å². The molecule has 1 aliphatic rings. The molecule has 0 spiro atoms. The highest BCUT2D eigenvalue weighted by Crippen LogP contribution is 2.42. The Morgan fingerprint density at radius 2 is 1.90 bits per heavy atom. The van der Waals surface area contributed by atoms with Gasteiger partial charge in [0.05, 0.1) is 5.56 Å². The van der Waals surface area contributed by atoms with E-state index in [1.165, 1.54) is 26.1 Å². The lowest BCUT2D eigenvalue weighted by Gasteiger charge is -2.31. The molecule has 2 nitrogen and oxygen atoms in total. The Morgan fingerprint density at radius 1 is 1.17 bits per heavy atom. The molecule has 3 heteroatoms. The molecule has 0 aliphatic heterocycles. The van der Waals surface area contributed by atoms with Crippen molar-refractivity contribution in [3.8, 4) is 17.2 Å². The van der Waals surface area contributed by atoms with E-state index in [4.69, 9.17) is 11.2 Å². The third-order valence-electron chi connectivity index (χ3n) is 5.91. The molecule has 3 aromatic rings. The molecule has 3 unspecified atom stereocenters. The van der Waals surface area contributed by atoms with Crippen molar-refractivity contribution in [2.24, 2.45) is 5.92 Å². The Morgan fingerprint density at radius 3 is 2.55 bits per heavy atom. The molecule has 1 aliphatic carbocycles. The van der Waals surface area contributed by atoms with Crippen LogP contribution >= 0.6 is 10.5 Å². The smallest absolute Gasteiger partial charge is 0.339 e. The highest BCUT2D eigenvalue weighted by Gasteiger charge is 2.39. The minimum absolute atomic E-state index is 0.0836. The van der Waals surface area contributed by atoms with Crippen LogP contribution < -0.4 is 0 Å². The summed E-state index contributed by atoms with van der Waals surface area (Å²) in [6.07, 6.45) is 9.87. The van der Waals surface area contributed by atoms with E-state index in [-0.39, 0.29) is 22.4 Å². The molecule has 0 saturated heterocycles. The van der Waals surface area contributed by atoms with Crippen molar-refractivity contribution in [3.05, 3.63) is 76.7 Å². The molecule has 3 atom stereocenters. The summed E-state index contributed by atoms with van der Waals surface area (Å²) in [7, 11) is -0.0985. The van der Waals surface area contributed by atoms with E-state index in [1.807, 2.05) is 31.2 Å². The maximum atomic E-state index is 12.8. The lowest BCUT2D eigenvalue weighted by molar-refractivity contribution is -0.00235. The summed E-state index contributed by atoms with van der Waals surface area (Å²) in [5.74, 6) is 2.45. The predicted octanol–water partition coefficient (Wildman–Crippen LogP) is 6.79. The third kappa shape index (κ3) is 3.50. The van der Waals surface area contributed by atoms with Crippen LogP contribution in [0.5, 0.6) is 0 Å². The number of benzene rings is 2. The lowest BCUT2D eigenvalue weighted by Crippen LogP contribution is -2.38. The maximum Gasteiger partial charge on any atom is 0.339 e. The molecule has 2 aromatic carbocycles. The summed E-state index contributed by atoms with van der Waals surface area (Å²) < 4.78 is 7.18. The Balaban J connectivity index is 1.58. The van der Waals surface area contributed by atoms with Gasteiger partial charge in [-0.25, -0.2) is 4.79 Å². The van der Waals surface area contributed by atoms with Gasteiger partial charge in [0.1, 0.15) is 5.38 Å². The molecule has 0 fully saturated rings. The second kappa shape index (κ2) is 7.54. The fraction of sp³-hybridized carbons (Fsp3) is 0.269. The van der Waals surface area contributed by atoms with Crippen LogP contribution in [0.15, 0.2) is 65.6 Å². The Labute approximate surface area is 175 Å². The average molecular weight is 402 g/mol. The van der Waals surface area contributed by atoms with E-state index < -0.39 is 5.60 Å². The number of carbonyl (C=O) groups is 1. The summed E-state index contributed by atoms with van der Waals surface area (Å²) in [4.78, 5) is 14.0. The average Bonchev–Trinajstić information content (AvgIpc) is 3.32. The first-order valence-corrected chi connectivity index (χ1v) is 11.2. The zero-order chi connectivity index (χ0) is 20.6. The number of hydrogen-bond acceptors (Lipinski definition) is 2. The van der Waals surface area contributed by atoms with Gasteiger partial charge in [-0.05, 0) is 70.0 Å². The number of fused-ring (bicyclic) bond motifs is 1. The number of allylic oxidation sites excluding steroid dienone is 1. The SMILES string of the molecule is C#CC(C)(OC(=O)c1ccc(-[s+]2cc(C)c3ccccc32)cc1)C1CCC=C1C. The first kappa shape index (κ1) is 19.5. The molecule has 29 heavy (non-hydrogen) atoms. The normalized spacial score (nSPS) is 18.8. The molecule has 1 aromatic heterocycles. The molecular formula is C26H25O2S+. The number of aryl methyl sites for hydroxylation is 1. The van der Waals surface area contributed by atoms with Crippen molar-refractivity contribution < 1.29 is 9.53 Å². The molecule has 0 radical (unpaired) electrons. The molecular weight excluding hydrogens is 376 g/mol. The van der Waals surface area contributed by atoms with Crippen LogP contribution in [-0.2, 0) is 4.74 Å². The van der Waals surface area contributed by atoms with Crippen LogP contribution in [0, 0.1) is 25.2 Å². The standard InChI is InChI=1S/C26H25O2S/c1-5-26(4,23-11-8-9-18(23)2)28-25(27)20-13-15-21(16-14-20)29-17-19(3)22-10-6-7-12-24(22)29/h1,6-7,9-10,12-17,23H,8,11H2,2-4H3/q+1. The van der Waals surface area contributed by atoms with Crippen LogP contribution in [0.3, 0.4) is 0 Å². The zero-order valence-electron chi connectivity index (χ0n) is 17.1. The molecule has 0 saturated carbocycles. The third-order valence-corrected chi connectivity index (χ3v) is 8.11. The first-order valence-electron chi connectivity index (χ1n) is 9.91. The van der Waals surface area contributed by atoms with Crippen LogP contribution in [0.25, 0.3) is 15.0 Å². The second-order valence-corrected chi connectivity index (χ2v) is 9.70. The number of terminal acetylenes is 1. The summed E-state index contributed by atoms with van der Waals surface area (Å²) >= 11 is 0. The molecule has 0 amide bonds. The Kier molecular flexibility index (Phi) is 5.06. The predicted molar refractivity (Wildman–Crippen MR) is 122 cm³/mol. The van der Waals surface area contributed by atoms with Crippen LogP contribution in [-0.4, -0.2) is 11.6 Å². The minimum Gasteiger partial charge on any atom is -0.442 e. The van der Waals surface area contributed by atoms with Gasteiger partial charge < -0.3 is 4.74 Å². The number of ether oxygens (including phenoxy) is 1. The van der Waals surface area contributed by atoms with E-state index in [1.54, 1.807) is 0 Å². The molecule has 4 rings (SSSR count). The van der Waals surface area contributed by atoms with Crippen molar-refractivity contribution in [3.63, 3.8) is 0 Å². The first-order chi connectivity index (χ1) is 13.9. The van der Waals surface area contributed by atoms with Crippen molar-refractivity contribution in [1.29, 1.82) is 0 Å². The number of thiophene rings is 1. The number of rotatable bonds is 4. The van der Waals surface area contributed by atoms with Gasteiger partial charge in [-0.2, -0.15) is 0 Å². The van der Waals surface area contributed by atoms with Crippen molar-refractivity contribution in [2.75, 3.05) is 0 Å². The van der Waals surface area contributed by atoms with E-state index in [0.29, 0.717) is 5.56 Å². The largest absolute Gasteiger partial charge is 0.442 e. The highest BCUT2D eigenvalue weighted by molar-refractivity contribution is 7.43. The molecule has 146 valence electrons. The fourth-order valence-corrected chi connectivity index (χ4v) is 6.35. The lowest BCUT2D eigenvalue weighted by atomic mass is 9.85. The van der Waals surface area contributed by atoms with Gasteiger partial charge in [0.25, 0.3) is 0 Å². The van der Waals surface area contributed by atoms with Gasteiger partial charge in [0.2, 0.25) is 0 Å². The van der Waals surface area contributed by atoms with E-state index in [0.717, 1.165) is 12.8 Å². The van der Waals surface area contributed by atoms with Gasteiger partial charge in [0, 0.05) is 27.3 Å². The van der Waals surface area contributed by atoms with Crippen LogP contribution in [0.2, 0.25) is 0 Å². The van der Waals surface area contributed by atoms with Crippen molar-refractivity contribution in [2.45, 2.75) is 39.2 Å². The Hall–Kier alpha value is -2.83. The zero-order valence-corrected chi connectivity index (χ0v) is 17.9. The van der Waals surface area contributed by atoms with E-state index in [9.17, 15) is 4.79 Å². The Bertz CT molecular complexity index is 1140. The quantitative estimate of drug-likeness (QED) is 0.208. The van der Waals surface area contributed by atoms with Gasteiger partial charge in [0.15, 0.2) is 15.2 Å². The molecule has 0 N–H and O–H groups in total. The van der Waals surface area contributed by atoms with Gasteiger partial charge in [-0.15, -0.1) is 6.42 Å². The minimum atomic E-state index is -0.918. The van der Waals surface area contributed by atoms with Gasteiger partial charge in [-0.3, -0.25) is 0 Å². The number of hydrogen-bond donors (Lipinski definition) is 0. The monoisotopic (exact) mass is 401 g/mol. The number of esters is 1. The van der Waals surface area contributed by atoms with E-state index >= 15 is 0 Å². The number of carbonyl (C=O) groups excluding carboxylic acids is 1. The second-order valence-electron chi connectivity index (χ2n) is 7.88. The maximum absolute atomic E-state index is 12.8. The highest BCUT2D eigenvalue weighted by atomic mass is 32.2. The van der Waals surface area contributed by atoms with Crippen LogP contribution in [0.1, 0.15) is 42.6 Å². The van der Waals surface area contributed by atoms with Crippen LogP contribution in [0.4, 0.5) is 0 Å². The molecule has 0 bridgehead atoms. The van der Waals surface area contributed by atoms with Gasteiger partial charge >= 0.3 is 5.97 Å². The summed E-state index contributed by atoms with van der Waals surface area (Å²) in [5, 5.41) is 3.62. The van der Waals surface area contributed by atoms with E-state index in [2.05, 4.69) is 55.5 Å². The topological polar surface area (TPSA) is 26.3 Å².